The van der Waals surface area contributed by atoms with Crippen molar-refractivity contribution >= 4 is 17.7 Å². The second-order valence-electron chi connectivity index (χ2n) is 9.40. The van der Waals surface area contributed by atoms with E-state index in [2.05, 4.69) is 76.0 Å². The van der Waals surface area contributed by atoms with Crippen LogP contribution in [0.1, 0.15) is 39.8 Å². The van der Waals surface area contributed by atoms with Gasteiger partial charge in [-0.25, -0.2) is 0 Å². The zero-order valence-corrected chi connectivity index (χ0v) is 22.3. The Morgan fingerprint density at radius 1 is 0.865 bits per heavy atom. The van der Waals surface area contributed by atoms with Crippen LogP contribution in [0.2, 0.25) is 0 Å². The minimum Gasteiger partial charge on any atom is -0.336 e. The van der Waals surface area contributed by atoms with E-state index in [0.29, 0.717) is 12.2 Å². The molecule has 7 heteroatoms. The zero-order chi connectivity index (χ0) is 25.6. The first-order chi connectivity index (χ1) is 18.1. The SMILES string of the molecule is CCN1CCN(C(=O)c2ccccc2CSc2nnc(Cc3ccccc3)n2-c2ccc(C)cc2)CC1. The van der Waals surface area contributed by atoms with E-state index in [4.69, 9.17) is 0 Å². The Morgan fingerprint density at radius 2 is 1.57 bits per heavy atom. The molecule has 0 bridgehead atoms. The minimum absolute atomic E-state index is 0.122. The number of hydrogen-bond acceptors (Lipinski definition) is 5. The van der Waals surface area contributed by atoms with Crippen LogP contribution in [0.4, 0.5) is 0 Å². The van der Waals surface area contributed by atoms with E-state index in [-0.39, 0.29) is 5.91 Å². The first kappa shape index (κ1) is 25.2. The fourth-order valence-electron chi connectivity index (χ4n) is 4.67. The van der Waals surface area contributed by atoms with Crippen LogP contribution in [0.5, 0.6) is 0 Å². The molecule has 6 nitrogen and oxygen atoms in total. The Hall–Kier alpha value is -3.42. The minimum atomic E-state index is 0.122. The average Bonchev–Trinajstić information content (AvgIpc) is 3.34. The van der Waals surface area contributed by atoms with Gasteiger partial charge in [0, 0.05) is 49.6 Å². The summed E-state index contributed by atoms with van der Waals surface area (Å²) >= 11 is 1.62. The number of aryl methyl sites for hydroxylation is 1. The molecule has 0 N–H and O–H groups in total. The van der Waals surface area contributed by atoms with E-state index in [1.54, 1.807) is 11.8 Å². The van der Waals surface area contributed by atoms with Gasteiger partial charge in [0.05, 0.1) is 0 Å². The Bertz CT molecular complexity index is 1330. The van der Waals surface area contributed by atoms with E-state index >= 15 is 0 Å². The standard InChI is InChI=1S/C30H33N5OS/c1-3-33-17-19-34(20-18-33)29(36)27-12-8-7-11-25(27)22-37-30-32-31-28(21-24-9-5-4-6-10-24)35(30)26-15-13-23(2)14-16-26/h4-16H,3,17-22H2,1-2H3. The molecule has 3 aromatic carbocycles. The van der Waals surface area contributed by atoms with Gasteiger partial charge < -0.3 is 9.80 Å². The summed E-state index contributed by atoms with van der Waals surface area (Å²) in [7, 11) is 0. The predicted molar refractivity (Wildman–Crippen MR) is 149 cm³/mol. The molecule has 0 saturated carbocycles. The molecule has 0 unspecified atom stereocenters. The van der Waals surface area contributed by atoms with Crippen LogP contribution in [-0.4, -0.2) is 63.2 Å². The lowest BCUT2D eigenvalue weighted by molar-refractivity contribution is 0.0642. The first-order valence-electron chi connectivity index (χ1n) is 12.9. The summed E-state index contributed by atoms with van der Waals surface area (Å²) in [6.45, 7) is 8.71. The molecule has 0 spiro atoms. The van der Waals surface area contributed by atoms with Gasteiger partial charge in [0.2, 0.25) is 0 Å². The Balaban J connectivity index is 1.38. The van der Waals surface area contributed by atoms with E-state index in [9.17, 15) is 4.79 Å². The molecule has 190 valence electrons. The van der Waals surface area contributed by atoms with Crippen LogP contribution in [0.25, 0.3) is 5.69 Å². The molecule has 1 aliphatic rings. The Kier molecular flexibility index (Phi) is 8.02. The highest BCUT2D eigenvalue weighted by molar-refractivity contribution is 7.98. The smallest absolute Gasteiger partial charge is 0.254 e. The summed E-state index contributed by atoms with van der Waals surface area (Å²) < 4.78 is 2.14. The number of likely N-dealkylation sites (N-methyl/N-ethyl adjacent to an activating group) is 1. The van der Waals surface area contributed by atoms with Crippen LogP contribution >= 0.6 is 11.8 Å². The maximum absolute atomic E-state index is 13.4. The zero-order valence-electron chi connectivity index (χ0n) is 21.5. The molecule has 37 heavy (non-hydrogen) atoms. The predicted octanol–water partition coefficient (Wildman–Crippen LogP) is 5.24. The highest BCUT2D eigenvalue weighted by Gasteiger charge is 2.23. The summed E-state index contributed by atoms with van der Waals surface area (Å²) in [4.78, 5) is 17.8. The monoisotopic (exact) mass is 511 g/mol. The number of thioether (sulfide) groups is 1. The van der Waals surface area contributed by atoms with Gasteiger partial charge in [0.1, 0.15) is 5.82 Å². The van der Waals surface area contributed by atoms with Gasteiger partial charge in [-0.05, 0) is 42.8 Å². The van der Waals surface area contributed by atoms with Gasteiger partial charge >= 0.3 is 0 Å². The second kappa shape index (κ2) is 11.8. The molecule has 2 heterocycles. The van der Waals surface area contributed by atoms with Crippen LogP contribution in [0.15, 0.2) is 84.0 Å². The summed E-state index contributed by atoms with van der Waals surface area (Å²) in [5.41, 5.74) is 5.26. The van der Waals surface area contributed by atoms with Crippen molar-refractivity contribution in [3.8, 4) is 5.69 Å². The molecule has 1 aliphatic heterocycles. The summed E-state index contributed by atoms with van der Waals surface area (Å²) in [5.74, 6) is 1.67. The van der Waals surface area contributed by atoms with E-state index in [0.717, 1.165) is 60.5 Å². The number of benzene rings is 3. The van der Waals surface area contributed by atoms with Crippen molar-refractivity contribution < 1.29 is 4.79 Å². The third-order valence-corrected chi connectivity index (χ3v) is 7.89. The molecule has 0 aliphatic carbocycles. The van der Waals surface area contributed by atoms with Gasteiger partial charge in [-0.3, -0.25) is 9.36 Å². The maximum atomic E-state index is 13.4. The van der Waals surface area contributed by atoms with Gasteiger partial charge in [0.15, 0.2) is 5.16 Å². The molecular formula is C30H33N5OS. The van der Waals surface area contributed by atoms with Crippen molar-refractivity contribution in [3.63, 3.8) is 0 Å². The molecule has 1 aromatic heterocycles. The molecule has 1 amide bonds. The number of carbonyl (C=O) groups excluding carboxylic acids is 1. The molecule has 4 aromatic rings. The Labute approximate surface area is 223 Å². The number of piperazine rings is 1. The number of nitrogens with zero attached hydrogens (tertiary/aromatic N) is 5. The normalized spacial score (nSPS) is 14.2. The van der Waals surface area contributed by atoms with Crippen molar-refractivity contribution in [2.24, 2.45) is 0 Å². The van der Waals surface area contributed by atoms with Gasteiger partial charge in [-0.1, -0.05) is 84.9 Å². The molecule has 1 fully saturated rings. The summed E-state index contributed by atoms with van der Waals surface area (Å²) in [5, 5.41) is 9.99. The van der Waals surface area contributed by atoms with Crippen molar-refractivity contribution in [1.82, 2.24) is 24.6 Å². The van der Waals surface area contributed by atoms with Crippen molar-refractivity contribution in [2.45, 2.75) is 31.2 Å². The Morgan fingerprint density at radius 3 is 2.30 bits per heavy atom. The average molecular weight is 512 g/mol. The number of hydrogen-bond donors (Lipinski definition) is 0. The van der Waals surface area contributed by atoms with Gasteiger partial charge in [-0.2, -0.15) is 0 Å². The fourth-order valence-corrected chi connectivity index (χ4v) is 5.65. The lowest BCUT2D eigenvalue weighted by Crippen LogP contribution is -2.48. The summed E-state index contributed by atoms with van der Waals surface area (Å²) in [6, 6.07) is 26.8. The van der Waals surface area contributed by atoms with Crippen molar-refractivity contribution in [1.29, 1.82) is 0 Å². The number of aromatic nitrogens is 3. The third kappa shape index (κ3) is 5.95. The maximum Gasteiger partial charge on any atom is 0.254 e. The molecule has 0 atom stereocenters. The number of rotatable bonds is 8. The quantitative estimate of drug-likeness (QED) is 0.303. The summed E-state index contributed by atoms with van der Waals surface area (Å²) in [6.07, 6.45) is 0.696. The first-order valence-corrected chi connectivity index (χ1v) is 13.9. The third-order valence-electron chi connectivity index (χ3n) is 6.91. The highest BCUT2D eigenvalue weighted by atomic mass is 32.2. The van der Waals surface area contributed by atoms with Crippen molar-refractivity contribution in [3.05, 3.63) is 107 Å². The largest absolute Gasteiger partial charge is 0.336 e. The number of carbonyl (C=O) groups is 1. The molecule has 0 radical (unpaired) electrons. The van der Waals surface area contributed by atoms with E-state index < -0.39 is 0 Å². The van der Waals surface area contributed by atoms with Gasteiger partial charge in [-0.15, -0.1) is 10.2 Å². The van der Waals surface area contributed by atoms with Crippen LogP contribution in [0, 0.1) is 6.92 Å². The van der Waals surface area contributed by atoms with Crippen LogP contribution < -0.4 is 0 Å². The van der Waals surface area contributed by atoms with E-state index in [1.165, 1.54) is 11.1 Å². The van der Waals surface area contributed by atoms with E-state index in [1.807, 2.05) is 41.3 Å². The van der Waals surface area contributed by atoms with Gasteiger partial charge in [0.25, 0.3) is 5.91 Å². The lowest BCUT2D eigenvalue weighted by atomic mass is 10.1. The fraction of sp³-hybridized carbons (Fsp3) is 0.300. The molecule has 5 rings (SSSR count). The topological polar surface area (TPSA) is 54.3 Å². The highest BCUT2D eigenvalue weighted by Crippen LogP contribution is 2.28. The van der Waals surface area contributed by atoms with Crippen LogP contribution in [0.3, 0.4) is 0 Å². The van der Waals surface area contributed by atoms with Crippen LogP contribution in [-0.2, 0) is 12.2 Å². The number of amides is 1. The second-order valence-corrected chi connectivity index (χ2v) is 10.3. The lowest BCUT2D eigenvalue weighted by Gasteiger charge is -2.34. The molecular weight excluding hydrogens is 478 g/mol. The molecule has 1 saturated heterocycles. The van der Waals surface area contributed by atoms with Crippen molar-refractivity contribution in [2.75, 3.05) is 32.7 Å².